The van der Waals surface area contributed by atoms with Gasteiger partial charge in [-0.3, -0.25) is 4.79 Å². The molecule has 0 aromatic heterocycles. The van der Waals surface area contributed by atoms with Gasteiger partial charge in [0.15, 0.2) is 18.2 Å². The summed E-state index contributed by atoms with van der Waals surface area (Å²) in [5.74, 6) is 1.76. The highest BCUT2D eigenvalue weighted by Gasteiger charge is 2.42. The van der Waals surface area contributed by atoms with Gasteiger partial charge in [-0.1, -0.05) is 18.6 Å². The van der Waals surface area contributed by atoms with Crippen molar-refractivity contribution in [3.8, 4) is 5.75 Å². The van der Waals surface area contributed by atoms with Gasteiger partial charge in [-0.15, -0.1) is 0 Å². The van der Waals surface area contributed by atoms with E-state index in [1.807, 2.05) is 0 Å². The van der Waals surface area contributed by atoms with E-state index < -0.39 is 5.82 Å². The second-order valence-electron chi connectivity index (χ2n) is 6.41. The van der Waals surface area contributed by atoms with Crippen LogP contribution in [-0.4, -0.2) is 18.6 Å². The van der Waals surface area contributed by atoms with Crippen molar-refractivity contribution in [3.05, 3.63) is 30.1 Å². The average molecular weight is 291 g/mol. The number of hydrogen-bond acceptors (Lipinski definition) is 2. The maximum absolute atomic E-state index is 13.4. The molecule has 0 heterocycles. The smallest absolute Gasteiger partial charge is 0.258 e. The number of carbonyl (C=O) groups is 1. The maximum atomic E-state index is 13.4. The predicted molar refractivity (Wildman–Crippen MR) is 78.4 cm³/mol. The van der Waals surface area contributed by atoms with Gasteiger partial charge < -0.3 is 10.1 Å². The lowest BCUT2D eigenvalue weighted by Gasteiger charge is -2.28. The molecule has 114 valence electrons. The maximum Gasteiger partial charge on any atom is 0.258 e. The molecule has 0 spiro atoms. The van der Waals surface area contributed by atoms with Crippen molar-refractivity contribution in [1.29, 1.82) is 0 Å². The summed E-state index contributed by atoms with van der Waals surface area (Å²) in [6.07, 6.45) is 5.23. The number of nitrogens with one attached hydrogen (secondary N) is 1. The molecule has 4 heteroatoms. The molecule has 2 fully saturated rings. The molecule has 0 aliphatic heterocycles. The summed E-state index contributed by atoms with van der Waals surface area (Å²) < 4.78 is 18.6. The molecule has 2 saturated carbocycles. The van der Waals surface area contributed by atoms with Crippen LogP contribution in [0.2, 0.25) is 0 Å². The summed E-state index contributed by atoms with van der Waals surface area (Å²) in [5, 5.41) is 3.01. The summed E-state index contributed by atoms with van der Waals surface area (Å²) in [6, 6.07) is 6.32. The Morgan fingerprint density at radius 2 is 2.19 bits per heavy atom. The summed E-state index contributed by atoms with van der Waals surface area (Å²) in [4.78, 5) is 11.9. The van der Waals surface area contributed by atoms with Crippen LogP contribution in [0.5, 0.6) is 5.75 Å². The molecule has 3 nitrogen and oxygen atoms in total. The van der Waals surface area contributed by atoms with Gasteiger partial charge in [0.05, 0.1) is 0 Å². The Balaban J connectivity index is 1.47. The topological polar surface area (TPSA) is 38.3 Å². The lowest BCUT2D eigenvalue weighted by molar-refractivity contribution is -0.124. The van der Waals surface area contributed by atoms with Gasteiger partial charge in [0.2, 0.25) is 0 Å². The summed E-state index contributed by atoms with van der Waals surface area (Å²) in [5.41, 5.74) is 0. The van der Waals surface area contributed by atoms with E-state index in [9.17, 15) is 9.18 Å². The monoisotopic (exact) mass is 291 g/mol. The third kappa shape index (κ3) is 3.20. The van der Waals surface area contributed by atoms with Gasteiger partial charge in [0.1, 0.15) is 0 Å². The fourth-order valence-electron chi connectivity index (χ4n) is 4.01. The first-order chi connectivity index (χ1) is 10.1. The zero-order valence-corrected chi connectivity index (χ0v) is 12.3. The third-order valence-electron chi connectivity index (χ3n) is 5.02. The van der Waals surface area contributed by atoms with Crippen molar-refractivity contribution in [1.82, 2.24) is 5.32 Å². The number of carbonyl (C=O) groups excluding carboxylic acids is 1. The predicted octanol–water partition coefficient (Wildman–Crippen LogP) is 3.15. The first kappa shape index (κ1) is 14.4. The van der Waals surface area contributed by atoms with E-state index in [4.69, 9.17) is 4.74 Å². The van der Waals surface area contributed by atoms with Crippen LogP contribution >= 0.6 is 0 Å². The Hall–Kier alpha value is -1.58. The quantitative estimate of drug-likeness (QED) is 0.905. The van der Waals surface area contributed by atoms with Crippen LogP contribution in [-0.2, 0) is 4.79 Å². The van der Waals surface area contributed by atoms with Crippen LogP contribution in [0.4, 0.5) is 4.39 Å². The average Bonchev–Trinajstić information content (AvgIpc) is 3.09. The molecule has 2 aliphatic rings. The fraction of sp³-hybridized carbons (Fsp3) is 0.588. The highest BCUT2D eigenvalue weighted by atomic mass is 19.1. The van der Waals surface area contributed by atoms with E-state index in [-0.39, 0.29) is 24.3 Å². The van der Waals surface area contributed by atoms with Crippen LogP contribution < -0.4 is 10.1 Å². The Labute approximate surface area is 124 Å². The van der Waals surface area contributed by atoms with Gasteiger partial charge in [-0.05, 0) is 56.1 Å². The molecule has 0 saturated heterocycles. The molecule has 2 aliphatic carbocycles. The molecule has 3 rings (SSSR count). The normalized spacial score (nSPS) is 28.4. The van der Waals surface area contributed by atoms with Crippen LogP contribution in [0.1, 0.15) is 32.6 Å². The van der Waals surface area contributed by atoms with Crippen molar-refractivity contribution in [3.63, 3.8) is 0 Å². The zero-order chi connectivity index (χ0) is 14.8. The standard InChI is InChI=1S/C17H22FNO2/c1-11(14-9-12-6-7-13(14)8-12)19-17(20)10-21-16-5-3-2-4-15(16)18/h2-5,11-14H,6-10H2,1H3,(H,19,20)/t11-,12-,13-,14+/m0/s1. The molecule has 21 heavy (non-hydrogen) atoms. The first-order valence-corrected chi connectivity index (χ1v) is 7.80. The fourth-order valence-corrected chi connectivity index (χ4v) is 4.01. The van der Waals surface area contributed by atoms with E-state index >= 15 is 0 Å². The number of fused-ring (bicyclic) bond motifs is 2. The highest BCUT2D eigenvalue weighted by Crippen LogP contribution is 2.49. The van der Waals surface area contributed by atoms with Crippen molar-refractivity contribution in [2.45, 2.75) is 38.6 Å². The second-order valence-corrected chi connectivity index (χ2v) is 6.41. The SMILES string of the molecule is C[C@H](NC(=O)COc1ccccc1F)[C@H]1C[C@H]2CC[C@H]1C2. The number of para-hydroxylation sites is 1. The molecule has 1 N–H and O–H groups in total. The molecule has 1 aromatic carbocycles. The third-order valence-corrected chi connectivity index (χ3v) is 5.02. The second kappa shape index (κ2) is 6.04. The zero-order valence-electron chi connectivity index (χ0n) is 12.3. The number of halogens is 1. The summed E-state index contributed by atoms with van der Waals surface area (Å²) >= 11 is 0. The molecule has 4 atom stereocenters. The molecule has 0 unspecified atom stereocenters. The van der Waals surface area contributed by atoms with Gasteiger partial charge in [-0.2, -0.15) is 0 Å². The number of benzene rings is 1. The molecule has 0 radical (unpaired) electrons. The molecular formula is C17H22FNO2. The molecular weight excluding hydrogens is 269 g/mol. The van der Waals surface area contributed by atoms with E-state index in [2.05, 4.69) is 12.2 Å². The van der Waals surface area contributed by atoms with Gasteiger partial charge >= 0.3 is 0 Å². The van der Waals surface area contributed by atoms with Crippen LogP contribution in [0.15, 0.2) is 24.3 Å². The summed E-state index contributed by atoms with van der Waals surface area (Å²) in [7, 11) is 0. The van der Waals surface area contributed by atoms with Crippen molar-refractivity contribution in [2.75, 3.05) is 6.61 Å². The number of hydrogen-bond donors (Lipinski definition) is 1. The number of amides is 1. The van der Waals surface area contributed by atoms with E-state index in [0.717, 1.165) is 11.8 Å². The Bertz CT molecular complexity index is 519. The van der Waals surface area contributed by atoms with Crippen molar-refractivity contribution < 1.29 is 13.9 Å². The van der Waals surface area contributed by atoms with Crippen molar-refractivity contribution in [2.24, 2.45) is 17.8 Å². The largest absolute Gasteiger partial charge is 0.481 e. The first-order valence-electron chi connectivity index (χ1n) is 7.80. The minimum Gasteiger partial charge on any atom is -0.481 e. The van der Waals surface area contributed by atoms with Gasteiger partial charge in [0.25, 0.3) is 5.91 Å². The minimum atomic E-state index is -0.438. The van der Waals surface area contributed by atoms with Gasteiger partial charge in [0, 0.05) is 6.04 Å². The number of rotatable bonds is 5. The van der Waals surface area contributed by atoms with Crippen LogP contribution in [0.3, 0.4) is 0 Å². The lowest BCUT2D eigenvalue weighted by atomic mass is 9.84. The molecule has 1 aromatic rings. The van der Waals surface area contributed by atoms with E-state index in [0.29, 0.717) is 5.92 Å². The van der Waals surface area contributed by atoms with Crippen LogP contribution in [0.25, 0.3) is 0 Å². The Morgan fingerprint density at radius 3 is 2.86 bits per heavy atom. The molecule has 2 bridgehead atoms. The Morgan fingerprint density at radius 1 is 1.38 bits per heavy atom. The number of ether oxygens (including phenoxy) is 1. The summed E-state index contributed by atoms with van der Waals surface area (Å²) in [6.45, 7) is 1.94. The Kier molecular flexibility index (Phi) is 4.13. The minimum absolute atomic E-state index is 0.125. The van der Waals surface area contributed by atoms with Gasteiger partial charge in [-0.25, -0.2) is 4.39 Å². The lowest BCUT2D eigenvalue weighted by Crippen LogP contribution is -2.42. The van der Waals surface area contributed by atoms with E-state index in [1.165, 1.54) is 37.8 Å². The van der Waals surface area contributed by atoms with Crippen molar-refractivity contribution >= 4 is 5.91 Å². The van der Waals surface area contributed by atoms with E-state index in [1.54, 1.807) is 12.1 Å². The molecule has 1 amide bonds. The van der Waals surface area contributed by atoms with Crippen LogP contribution in [0, 0.1) is 23.6 Å². The highest BCUT2D eigenvalue weighted by molar-refractivity contribution is 5.77.